The monoisotopic (exact) mass is 295 g/mol. The van der Waals surface area contributed by atoms with E-state index < -0.39 is 11.5 Å². The third kappa shape index (κ3) is 2.29. The van der Waals surface area contributed by atoms with Crippen LogP contribution in [0.5, 0.6) is 0 Å². The number of hydrogen-bond donors (Lipinski definition) is 1. The molecular formula is C15H18ClNO3. The number of hydrogen-bond acceptors (Lipinski definition) is 2. The lowest BCUT2D eigenvalue weighted by molar-refractivity contribution is -0.147. The molecule has 1 fully saturated rings. The molecule has 0 aliphatic carbocycles. The zero-order valence-corrected chi connectivity index (χ0v) is 12.6. The van der Waals surface area contributed by atoms with E-state index in [0.29, 0.717) is 30.0 Å². The Kier molecular flexibility index (Phi) is 3.78. The standard InChI is InChI=1S/C15H18ClNO3/c1-9-7-11(12(16)8-10(9)2)13(18)17-6-4-5-15(17,3)14(19)20/h7-8H,4-6H2,1-3H3,(H,19,20). The average Bonchev–Trinajstić information content (AvgIpc) is 2.76. The largest absolute Gasteiger partial charge is 0.480 e. The highest BCUT2D eigenvalue weighted by atomic mass is 35.5. The first-order valence-corrected chi connectivity index (χ1v) is 6.97. The van der Waals surface area contributed by atoms with Gasteiger partial charge < -0.3 is 10.0 Å². The summed E-state index contributed by atoms with van der Waals surface area (Å²) in [6, 6.07) is 3.49. The second-order valence-corrected chi connectivity index (χ2v) is 5.96. The van der Waals surface area contributed by atoms with Gasteiger partial charge in [0.05, 0.1) is 10.6 Å². The van der Waals surface area contributed by atoms with Crippen LogP contribution in [0.3, 0.4) is 0 Å². The minimum absolute atomic E-state index is 0.305. The lowest BCUT2D eigenvalue weighted by atomic mass is 9.98. The summed E-state index contributed by atoms with van der Waals surface area (Å²) >= 11 is 6.15. The van der Waals surface area contributed by atoms with Crippen molar-refractivity contribution in [2.24, 2.45) is 0 Å². The normalized spacial score (nSPS) is 22.1. The maximum Gasteiger partial charge on any atom is 0.329 e. The lowest BCUT2D eigenvalue weighted by Crippen LogP contribution is -2.50. The summed E-state index contributed by atoms with van der Waals surface area (Å²) in [6.45, 7) is 5.87. The fourth-order valence-electron chi connectivity index (χ4n) is 2.60. The van der Waals surface area contributed by atoms with Gasteiger partial charge in [-0.2, -0.15) is 0 Å². The van der Waals surface area contributed by atoms with E-state index in [2.05, 4.69) is 0 Å². The Hall–Kier alpha value is -1.55. The number of carbonyl (C=O) groups is 2. The van der Waals surface area contributed by atoms with Crippen LogP contribution in [-0.4, -0.2) is 34.0 Å². The number of carboxylic acid groups (broad SMARTS) is 1. The fourth-order valence-corrected chi connectivity index (χ4v) is 2.90. The summed E-state index contributed by atoms with van der Waals surface area (Å²) in [4.78, 5) is 25.5. The number of aryl methyl sites for hydroxylation is 2. The summed E-state index contributed by atoms with van der Waals surface area (Å²) < 4.78 is 0. The number of likely N-dealkylation sites (tertiary alicyclic amines) is 1. The van der Waals surface area contributed by atoms with Crippen LogP contribution < -0.4 is 0 Å². The van der Waals surface area contributed by atoms with Gasteiger partial charge in [-0.1, -0.05) is 11.6 Å². The van der Waals surface area contributed by atoms with Crippen molar-refractivity contribution in [1.82, 2.24) is 4.90 Å². The average molecular weight is 296 g/mol. The number of benzene rings is 1. The Morgan fingerprint density at radius 2 is 1.90 bits per heavy atom. The molecule has 0 bridgehead atoms. The van der Waals surface area contributed by atoms with Gasteiger partial charge in [0.1, 0.15) is 5.54 Å². The third-order valence-corrected chi connectivity index (χ3v) is 4.47. The van der Waals surface area contributed by atoms with Gasteiger partial charge in [0, 0.05) is 6.54 Å². The predicted molar refractivity (Wildman–Crippen MR) is 77.2 cm³/mol. The van der Waals surface area contributed by atoms with Crippen LogP contribution in [0.4, 0.5) is 0 Å². The van der Waals surface area contributed by atoms with Crippen LogP contribution in [0.25, 0.3) is 0 Å². The molecule has 0 saturated carbocycles. The Balaban J connectivity index is 2.42. The van der Waals surface area contributed by atoms with E-state index in [1.165, 1.54) is 4.90 Å². The van der Waals surface area contributed by atoms with E-state index in [9.17, 15) is 14.7 Å². The lowest BCUT2D eigenvalue weighted by Gasteiger charge is -2.31. The van der Waals surface area contributed by atoms with Gasteiger partial charge in [-0.25, -0.2) is 4.79 Å². The summed E-state index contributed by atoms with van der Waals surface area (Å²) in [5.41, 5.74) is 1.21. The first-order valence-electron chi connectivity index (χ1n) is 6.59. The molecule has 1 saturated heterocycles. The molecule has 1 atom stereocenters. The van der Waals surface area contributed by atoms with E-state index >= 15 is 0 Å². The van der Waals surface area contributed by atoms with Crippen molar-refractivity contribution in [2.45, 2.75) is 39.2 Å². The van der Waals surface area contributed by atoms with Gasteiger partial charge in [-0.3, -0.25) is 4.79 Å². The van der Waals surface area contributed by atoms with Crippen molar-refractivity contribution in [3.8, 4) is 0 Å². The Labute approximate surface area is 123 Å². The zero-order chi connectivity index (χ0) is 15.1. The molecule has 108 valence electrons. The van der Waals surface area contributed by atoms with Crippen LogP contribution in [0.2, 0.25) is 5.02 Å². The molecule has 1 heterocycles. The summed E-state index contributed by atoms with van der Waals surface area (Å²) in [5.74, 6) is -1.27. The van der Waals surface area contributed by atoms with Gasteiger partial charge in [0.25, 0.3) is 5.91 Å². The molecule has 0 spiro atoms. The molecule has 1 unspecified atom stereocenters. The number of amides is 1. The number of carbonyl (C=O) groups excluding carboxylic acids is 1. The fraction of sp³-hybridized carbons (Fsp3) is 0.467. The van der Waals surface area contributed by atoms with E-state index in [4.69, 9.17) is 11.6 Å². The number of aliphatic carboxylic acids is 1. The predicted octanol–water partition coefficient (Wildman–Crippen LogP) is 3.04. The Bertz CT molecular complexity index is 585. The molecule has 1 aliphatic heterocycles. The number of carboxylic acids is 1. The molecule has 2 rings (SSSR count). The molecule has 1 N–H and O–H groups in total. The minimum Gasteiger partial charge on any atom is -0.480 e. The van der Waals surface area contributed by atoms with Crippen LogP contribution in [0, 0.1) is 13.8 Å². The highest BCUT2D eigenvalue weighted by molar-refractivity contribution is 6.34. The first-order chi connectivity index (χ1) is 9.27. The smallest absolute Gasteiger partial charge is 0.329 e. The van der Waals surface area contributed by atoms with E-state index in [1.807, 2.05) is 13.8 Å². The molecule has 0 aromatic heterocycles. The van der Waals surface area contributed by atoms with E-state index in [0.717, 1.165) is 11.1 Å². The Morgan fingerprint density at radius 3 is 2.50 bits per heavy atom. The minimum atomic E-state index is -1.14. The number of rotatable bonds is 2. The molecule has 1 aromatic carbocycles. The van der Waals surface area contributed by atoms with Gasteiger partial charge >= 0.3 is 5.97 Å². The van der Waals surface area contributed by atoms with Crippen molar-refractivity contribution in [3.05, 3.63) is 33.8 Å². The molecule has 1 aliphatic rings. The molecule has 5 heteroatoms. The van der Waals surface area contributed by atoms with Crippen molar-refractivity contribution >= 4 is 23.5 Å². The van der Waals surface area contributed by atoms with Gasteiger partial charge in [-0.05, 0) is 56.9 Å². The zero-order valence-electron chi connectivity index (χ0n) is 11.9. The summed E-state index contributed by atoms with van der Waals surface area (Å²) in [6.07, 6.45) is 1.16. The topological polar surface area (TPSA) is 57.6 Å². The van der Waals surface area contributed by atoms with Crippen LogP contribution in [0.15, 0.2) is 12.1 Å². The van der Waals surface area contributed by atoms with Gasteiger partial charge in [-0.15, -0.1) is 0 Å². The third-order valence-electron chi connectivity index (χ3n) is 4.16. The molecular weight excluding hydrogens is 278 g/mol. The quantitative estimate of drug-likeness (QED) is 0.912. The second kappa shape index (κ2) is 5.09. The maximum absolute atomic E-state index is 12.6. The molecule has 1 aromatic rings. The number of halogens is 1. The summed E-state index contributed by atoms with van der Waals surface area (Å²) in [5, 5.41) is 9.75. The van der Waals surface area contributed by atoms with Gasteiger partial charge in [0.15, 0.2) is 0 Å². The molecule has 20 heavy (non-hydrogen) atoms. The van der Waals surface area contributed by atoms with E-state index in [1.54, 1.807) is 19.1 Å². The first kappa shape index (κ1) is 14.9. The van der Waals surface area contributed by atoms with Crippen molar-refractivity contribution in [2.75, 3.05) is 6.54 Å². The van der Waals surface area contributed by atoms with Gasteiger partial charge in [0.2, 0.25) is 0 Å². The van der Waals surface area contributed by atoms with E-state index in [-0.39, 0.29) is 5.91 Å². The summed E-state index contributed by atoms with van der Waals surface area (Å²) in [7, 11) is 0. The van der Waals surface area contributed by atoms with Crippen LogP contribution in [-0.2, 0) is 4.79 Å². The molecule has 4 nitrogen and oxygen atoms in total. The van der Waals surface area contributed by atoms with Crippen LogP contribution in [0.1, 0.15) is 41.3 Å². The maximum atomic E-state index is 12.6. The SMILES string of the molecule is Cc1cc(Cl)c(C(=O)N2CCCC2(C)C(=O)O)cc1C. The molecule has 0 radical (unpaired) electrons. The van der Waals surface area contributed by atoms with Crippen LogP contribution >= 0.6 is 11.6 Å². The Morgan fingerprint density at radius 1 is 1.30 bits per heavy atom. The number of nitrogens with zero attached hydrogens (tertiary/aromatic N) is 1. The second-order valence-electron chi connectivity index (χ2n) is 5.56. The highest BCUT2D eigenvalue weighted by Crippen LogP contribution is 2.32. The van der Waals surface area contributed by atoms with Crippen molar-refractivity contribution in [1.29, 1.82) is 0 Å². The van der Waals surface area contributed by atoms with Crippen molar-refractivity contribution in [3.63, 3.8) is 0 Å². The van der Waals surface area contributed by atoms with Crippen molar-refractivity contribution < 1.29 is 14.7 Å². The highest BCUT2D eigenvalue weighted by Gasteiger charge is 2.46. The molecule has 1 amide bonds.